The summed E-state index contributed by atoms with van der Waals surface area (Å²) in [4.78, 5) is 0. The Morgan fingerprint density at radius 1 is 0.720 bits per heavy atom. The monoisotopic (exact) mass is 362 g/mol. The van der Waals surface area contributed by atoms with E-state index in [4.69, 9.17) is 17.5 Å². The van der Waals surface area contributed by atoms with E-state index in [1.165, 1.54) is 11.1 Å². The van der Waals surface area contributed by atoms with Gasteiger partial charge in [0.1, 0.15) is 22.1 Å². The van der Waals surface area contributed by atoms with Gasteiger partial charge in [-0.1, -0.05) is 12.1 Å². The van der Waals surface area contributed by atoms with E-state index in [-0.39, 0.29) is 0 Å². The Morgan fingerprint density at radius 3 is 1.40 bits per heavy atom. The first-order valence-electron chi connectivity index (χ1n) is 6.93. The molecule has 0 spiro atoms. The van der Waals surface area contributed by atoms with Crippen molar-refractivity contribution in [2.24, 2.45) is 0 Å². The summed E-state index contributed by atoms with van der Waals surface area (Å²) in [5, 5.41) is 20.9. The molecule has 25 heavy (non-hydrogen) atoms. The number of fused-ring (bicyclic) bond motifs is 2. The summed E-state index contributed by atoms with van der Waals surface area (Å²) in [7, 11) is -5.17. The molecule has 0 saturated carbocycles. The largest absolute Gasteiger partial charge is 0.759 e. The summed E-state index contributed by atoms with van der Waals surface area (Å²) in [6.45, 7) is 4.07. The number of nitrogens with zero attached hydrogens (tertiary/aromatic N) is 4. The van der Waals surface area contributed by atoms with Gasteiger partial charge in [-0.15, -0.1) is 0 Å². The van der Waals surface area contributed by atoms with Crippen molar-refractivity contribution in [1.82, 2.24) is 30.8 Å². The van der Waals surface area contributed by atoms with Crippen LogP contribution in [0.4, 0.5) is 0 Å². The molecule has 0 aliphatic rings. The van der Waals surface area contributed by atoms with E-state index >= 15 is 0 Å². The van der Waals surface area contributed by atoms with Crippen LogP contribution in [-0.2, 0) is 10.4 Å². The Bertz CT molecular complexity index is 993. The maximum Gasteiger partial charge on any atom is 0.113 e. The van der Waals surface area contributed by atoms with Crippen molar-refractivity contribution in [2.45, 2.75) is 13.8 Å². The average molecular weight is 362 g/mol. The van der Waals surface area contributed by atoms with Crippen LogP contribution in [0.2, 0.25) is 0 Å². The van der Waals surface area contributed by atoms with Crippen molar-refractivity contribution >= 4 is 32.5 Å². The van der Waals surface area contributed by atoms with Gasteiger partial charge in [0, 0.05) is 10.4 Å². The molecule has 0 saturated heterocycles. The fourth-order valence-electron chi connectivity index (χ4n) is 1.90. The van der Waals surface area contributed by atoms with Crippen LogP contribution < -0.4 is 0 Å². The van der Waals surface area contributed by atoms with Crippen molar-refractivity contribution in [3.63, 3.8) is 0 Å². The van der Waals surface area contributed by atoms with Gasteiger partial charge in [0.2, 0.25) is 0 Å². The lowest BCUT2D eigenvalue weighted by atomic mass is 10.2. The second kappa shape index (κ2) is 7.79. The van der Waals surface area contributed by atoms with Crippen molar-refractivity contribution in [2.75, 3.05) is 0 Å². The molecular formula is C14H14N6O4S-2. The minimum Gasteiger partial charge on any atom is -0.759 e. The standard InChI is InChI=1S/2C7H7N3.H2O4S/c2*1-5-2-3-6-7(4-5)9-10-8-6;1-5(2,3)4/h2*2-4H,1H3,(H,8,9,10);(H2,1,2,3,4)/p-2. The predicted molar refractivity (Wildman–Crippen MR) is 87.7 cm³/mol. The summed E-state index contributed by atoms with van der Waals surface area (Å²) in [5.74, 6) is 0. The first-order chi connectivity index (χ1) is 11.7. The van der Waals surface area contributed by atoms with Crippen LogP contribution in [-0.4, -0.2) is 48.3 Å². The highest BCUT2D eigenvalue weighted by atomic mass is 32.3. The minimum atomic E-state index is -5.17. The quantitative estimate of drug-likeness (QED) is 0.348. The molecule has 0 unspecified atom stereocenters. The number of hydrogen-bond acceptors (Lipinski definition) is 8. The molecule has 0 fully saturated rings. The molecule has 4 aromatic rings. The minimum absolute atomic E-state index is 0.922. The zero-order valence-corrected chi connectivity index (χ0v) is 14.1. The highest BCUT2D eigenvalue weighted by Gasteiger charge is 1.95. The van der Waals surface area contributed by atoms with Crippen molar-refractivity contribution in [3.05, 3.63) is 47.5 Å². The van der Waals surface area contributed by atoms with Crippen LogP contribution in [0.25, 0.3) is 22.1 Å². The van der Waals surface area contributed by atoms with E-state index in [0.29, 0.717) is 0 Å². The zero-order valence-electron chi connectivity index (χ0n) is 13.3. The number of aryl methyl sites for hydroxylation is 2. The Kier molecular flexibility index (Phi) is 5.75. The number of H-pyrrole nitrogens is 2. The van der Waals surface area contributed by atoms with Gasteiger partial charge < -0.3 is 9.11 Å². The van der Waals surface area contributed by atoms with Crippen LogP contribution in [0, 0.1) is 13.8 Å². The van der Waals surface area contributed by atoms with E-state index in [9.17, 15) is 0 Å². The lowest BCUT2D eigenvalue weighted by molar-refractivity contribution is 0.352. The third-order valence-electron chi connectivity index (χ3n) is 2.94. The Morgan fingerprint density at radius 2 is 1.04 bits per heavy atom. The first-order valence-corrected chi connectivity index (χ1v) is 8.26. The van der Waals surface area contributed by atoms with E-state index in [1.807, 2.05) is 50.2 Å². The lowest BCUT2D eigenvalue weighted by Crippen LogP contribution is -1.91. The summed E-state index contributed by atoms with van der Waals surface area (Å²) in [6, 6.07) is 11.9. The maximum absolute atomic E-state index is 8.52. The number of aromatic amines is 2. The molecule has 2 aromatic carbocycles. The highest BCUT2D eigenvalue weighted by Crippen LogP contribution is 2.09. The Balaban J connectivity index is 0.000000144. The molecule has 4 rings (SSSR count). The van der Waals surface area contributed by atoms with Crippen LogP contribution in [0.5, 0.6) is 0 Å². The van der Waals surface area contributed by atoms with Gasteiger partial charge >= 0.3 is 0 Å². The van der Waals surface area contributed by atoms with E-state index in [2.05, 4.69) is 30.8 Å². The smallest absolute Gasteiger partial charge is 0.113 e. The second-order valence-corrected chi connectivity index (χ2v) is 5.86. The topological polar surface area (TPSA) is 163 Å². The zero-order chi connectivity index (χ0) is 18.4. The summed E-state index contributed by atoms with van der Waals surface area (Å²) >= 11 is 0. The van der Waals surface area contributed by atoms with Gasteiger partial charge in [0.25, 0.3) is 0 Å². The van der Waals surface area contributed by atoms with Crippen molar-refractivity contribution in [3.8, 4) is 0 Å². The summed E-state index contributed by atoms with van der Waals surface area (Å²) in [5.41, 5.74) is 6.12. The van der Waals surface area contributed by atoms with E-state index in [1.54, 1.807) is 0 Å². The summed E-state index contributed by atoms with van der Waals surface area (Å²) < 4.78 is 34.1. The van der Waals surface area contributed by atoms with Gasteiger partial charge in [-0.25, -0.2) is 0 Å². The molecule has 0 aliphatic heterocycles. The number of nitrogens with one attached hydrogen (secondary N) is 2. The van der Waals surface area contributed by atoms with Crippen LogP contribution >= 0.6 is 0 Å². The van der Waals surface area contributed by atoms with Crippen LogP contribution in [0.15, 0.2) is 36.4 Å². The van der Waals surface area contributed by atoms with Gasteiger partial charge in [-0.2, -0.15) is 30.8 Å². The Labute approximate surface area is 142 Å². The fourth-order valence-corrected chi connectivity index (χ4v) is 1.90. The lowest BCUT2D eigenvalue weighted by Gasteiger charge is -2.06. The molecular weight excluding hydrogens is 348 g/mol. The maximum atomic E-state index is 8.52. The molecule has 0 amide bonds. The first kappa shape index (κ1) is 18.4. The normalized spacial score (nSPS) is 10.7. The van der Waals surface area contributed by atoms with Gasteiger partial charge in [0.15, 0.2) is 0 Å². The molecule has 0 radical (unpaired) electrons. The molecule has 10 nitrogen and oxygen atoms in total. The molecule has 2 N–H and O–H groups in total. The van der Waals surface area contributed by atoms with Gasteiger partial charge in [0.05, 0.1) is 0 Å². The van der Waals surface area contributed by atoms with Crippen LogP contribution in [0.1, 0.15) is 11.1 Å². The summed E-state index contributed by atoms with van der Waals surface area (Å²) in [6.07, 6.45) is 0. The fraction of sp³-hybridized carbons (Fsp3) is 0.143. The third-order valence-corrected chi connectivity index (χ3v) is 2.94. The Hall–Kier alpha value is -2.89. The molecule has 132 valence electrons. The molecule has 2 heterocycles. The third kappa shape index (κ3) is 6.25. The van der Waals surface area contributed by atoms with Gasteiger partial charge in [-0.3, -0.25) is 8.42 Å². The second-order valence-electron chi connectivity index (χ2n) is 5.04. The number of aromatic nitrogens is 6. The molecule has 0 bridgehead atoms. The van der Waals surface area contributed by atoms with Crippen LogP contribution in [0.3, 0.4) is 0 Å². The van der Waals surface area contributed by atoms with E-state index < -0.39 is 10.4 Å². The van der Waals surface area contributed by atoms with Gasteiger partial charge in [-0.05, 0) is 49.2 Å². The SMILES string of the molecule is Cc1ccc2n[nH]nc2c1.Cc1ccc2n[nH]nc2c1.O=S(=O)([O-])[O-]. The molecule has 0 atom stereocenters. The number of benzene rings is 2. The average Bonchev–Trinajstić information content (AvgIpc) is 3.13. The van der Waals surface area contributed by atoms with Crippen molar-refractivity contribution in [1.29, 1.82) is 0 Å². The molecule has 0 aliphatic carbocycles. The highest BCUT2D eigenvalue weighted by molar-refractivity contribution is 7.79. The van der Waals surface area contributed by atoms with E-state index in [0.717, 1.165) is 22.1 Å². The molecule has 2 aromatic heterocycles. The molecule has 11 heteroatoms. The number of hydrogen-bond donors (Lipinski definition) is 2. The van der Waals surface area contributed by atoms with Crippen molar-refractivity contribution < 1.29 is 17.5 Å². The number of rotatable bonds is 0. The predicted octanol–water partition coefficient (Wildman–Crippen LogP) is 1.19.